The molecule has 0 saturated carbocycles. The van der Waals surface area contributed by atoms with E-state index >= 15 is 0 Å². The Morgan fingerprint density at radius 2 is 2.00 bits per heavy atom. The molecule has 0 fully saturated rings. The van der Waals surface area contributed by atoms with Gasteiger partial charge in [0.1, 0.15) is 5.75 Å². The summed E-state index contributed by atoms with van der Waals surface area (Å²) in [6, 6.07) is 8.00. The third-order valence-electron chi connectivity index (χ3n) is 2.78. The van der Waals surface area contributed by atoms with Crippen molar-refractivity contribution in [2.24, 2.45) is 0 Å². The van der Waals surface area contributed by atoms with Gasteiger partial charge in [0.25, 0.3) is 0 Å². The minimum Gasteiger partial charge on any atom is -0.496 e. The molecule has 0 heterocycles. The average Bonchev–Trinajstić information content (AvgIpc) is 2.38. The number of rotatable bonds is 7. The summed E-state index contributed by atoms with van der Waals surface area (Å²) in [6.45, 7) is 1.56. The average molecular weight is 250 g/mol. The molecule has 0 aliphatic rings. The number of benzene rings is 1. The van der Waals surface area contributed by atoms with E-state index in [4.69, 9.17) is 4.74 Å². The van der Waals surface area contributed by atoms with Gasteiger partial charge in [-0.2, -0.15) is 0 Å². The maximum Gasteiger partial charge on any atom is 0.223 e. The van der Waals surface area contributed by atoms with Gasteiger partial charge in [-0.25, -0.2) is 0 Å². The number of ether oxygens (including phenoxy) is 1. The second kappa shape index (κ2) is 7.71. The predicted molar refractivity (Wildman–Crippen MR) is 72.9 cm³/mol. The van der Waals surface area contributed by atoms with Gasteiger partial charge in [-0.3, -0.25) is 4.79 Å². The summed E-state index contributed by atoms with van der Waals surface area (Å²) in [5, 5.41) is 3.27. The van der Waals surface area contributed by atoms with Crippen molar-refractivity contribution in [2.45, 2.75) is 12.8 Å². The van der Waals surface area contributed by atoms with Crippen molar-refractivity contribution in [1.82, 2.24) is 10.2 Å². The molecule has 0 bridgehead atoms. The van der Waals surface area contributed by atoms with Crippen molar-refractivity contribution >= 4 is 5.91 Å². The van der Waals surface area contributed by atoms with Crippen LogP contribution in [0.25, 0.3) is 0 Å². The molecule has 1 N–H and O–H groups in total. The van der Waals surface area contributed by atoms with Gasteiger partial charge >= 0.3 is 0 Å². The fourth-order valence-electron chi connectivity index (χ4n) is 1.68. The molecule has 1 aromatic carbocycles. The molecular weight excluding hydrogens is 228 g/mol. The number of para-hydroxylation sites is 1. The number of hydrogen-bond acceptors (Lipinski definition) is 3. The molecule has 1 rings (SSSR count). The molecule has 1 aromatic rings. The van der Waals surface area contributed by atoms with Crippen LogP contribution >= 0.6 is 0 Å². The van der Waals surface area contributed by atoms with Crippen LogP contribution in [-0.2, 0) is 11.2 Å². The van der Waals surface area contributed by atoms with Gasteiger partial charge in [0.15, 0.2) is 0 Å². The smallest absolute Gasteiger partial charge is 0.223 e. The van der Waals surface area contributed by atoms with E-state index in [-0.39, 0.29) is 5.91 Å². The topological polar surface area (TPSA) is 41.6 Å². The fraction of sp³-hybridized carbons (Fsp3) is 0.500. The maximum absolute atomic E-state index is 11.3. The molecule has 0 saturated heterocycles. The highest BCUT2D eigenvalue weighted by Crippen LogP contribution is 2.17. The first kappa shape index (κ1) is 14.5. The van der Waals surface area contributed by atoms with Gasteiger partial charge in [0.05, 0.1) is 7.11 Å². The van der Waals surface area contributed by atoms with Gasteiger partial charge in [0.2, 0.25) is 5.91 Å². The van der Waals surface area contributed by atoms with Crippen LogP contribution in [0.4, 0.5) is 0 Å². The molecule has 4 nitrogen and oxygen atoms in total. The summed E-state index contributed by atoms with van der Waals surface area (Å²) in [7, 11) is 5.23. The molecule has 0 radical (unpaired) electrons. The van der Waals surface area contributed by atoms with Crippen LogP contribution in [0.1, 0.15) is 12.0 Å². The van der Waals surface area contributed by atoms with Crippen LogP contribution in [0.5, 0.6) is 5.75 Å². The number of hydrogen-bond donors (Lipinski definition) is 1. The Kier molecular flexibility index (Phi) is 6.22. The molecule has 0 aromatic heterocycles. The lowest BCUT2D eigenvalue weighted by atomic mass is 10.1. The molecule has 18 heavy (non-hydrogen) atoms. The number of amides is 1. The number of nitrogens with zero attached hydrogens (tertiary/aromatic N) is 1. The zero-order valence-electron chi connectivity index (χ0n) is 11.4. The molecule has 0 unspecified atom stereocenters. The maximum atomic E-state index is 11.3. The lowest BCUT2D eigenvalue weighted by Gasteiger charge is -2.11. The minimum absolute atomic E-state index is 0.153. The van der Waals surface area contributed by atoms with Crippen molar-refractivity contribution in [3.63, 3.8) is 0 Å². The third-order valence-corrected chi connectivity index (χ3v) is 2.78. The van der Waals surface area contributed by atoms with Crippen molar-refractivity contribution < 1.29 is 9.53 Å². The molecule has 1 amide bonds. The fourth-order valence-corrected chi connectivity index (χ4v) is 1.68. The predicted octanol–water partition coefficient (Wildman–Crippen LogP) is 1.31. The molecule has 0 aliphatic heterocycles. The highest BCUT2D eigenvalue weighted by Gasteiger charge is 2.03. The summed E-state index contributed by atoms with van der Waals surface area (Å²) in [6.07, 6.45) is 1.44. The minimum atomic E-state index is 0.153. The summed E-state index contributed by atoms with van der Waals surface area (Å²) in [5.74, 6) is 1.07. The Hall–Kier alpha value is -1.55. The molecular formula is C14H22N2O2. The SMILES string of the molecule is COc1ccccc1CCNCCC(=O)N(C)C. The number of nitrogens with one attached hydrogen (secondary N) is 1. The van der Waals surface area contributed by atoms with Gasteiger partial charge in [-0.15, -0.1) is 0 Å². The van der Waals surface area contributed by atoms with Crippen LogP contribution in [0.3, 0.4) is 0 Å². The lowest BCUT2D eigenvalue weighted by Crippen LogP contribution is -2.27. The second-order valence-electron chi connectivity index (χ2n) is 4.35. The molecule has 4 heteroatoms. The lowest BCUT2D eigenvalue weighted by molar-refractivity contribution is -0.128. The zero-order chi connectivity index (χ0) is 13.4. The van der Waals surface area contributed by atoms with Crippen LogP contribution in [0.2, 0.25) is 0 Å². The molecule has 0 atom stereocenters. The quantitative estimate of drug-likeness (QED) is 0.742. The van der Waals surface area contributed by atoms with E-state index in [1.807, 2.05) is 18.2 Å². The van der Waals surface area contributed by atoms with E-state index in [0.717, 1.165) is 18.7 Å². The Morgan fingerprint density at radius 1 is 1.28 bits per heavy atom. The molecule has 0 spiro atoms. The van der Waals surface area contributed by atoms with Crippen LogP contribution in [0.15, 0.2) is 24.3 Å². The van der Waals surface area contributed by atoms with Crippen molar-refractivity contribution in [3.8, 4) is 5.75 Å². The van der Waals surface area contributed by atoms with Crippen LogP contribution in [0, 0.1) is 0 Å². The van der Waals surface area contributed by atoms with E-state index in [1.165, 1.54) is 5.56 Å². The highest BCUT2D eigenvalue weighted by molar-refractivity contribution is 5.75. The summed E-state index contributed by atoms with van der Waals surface area (Å²) in [4.78, 5) is 13.0. The molecule has 0 aliphatic carbocycles. The Labute approximate surface area is 109 Å². The number of carbonyl (C=O) groups excluding carboxylic acids is 1. The Balaban J connectivity index is 2.24. The van der Waals surface area contributed by atoms with Crippen molar-refractivity contribution in [1.29, 1.82) is 0 Å². The standard InChI is InChI=1S/C14H22N2O2/c1-16(2)14(17)9-11-15-10-8-12-6-4-5-7-13(12)18-3/h4-7,15H,8-11H2,1-3H3. The summed E-state index contributed by atoms with van der Waals surface area (Å²) < 4.78 is 5.28. The van der Waals surface area contributed by atoms with Gasteiger partial charge < -0.3 is 15.0 Å². The summed E-state index contributed by atoms with van der Waals surface area (Å²) >= 11 is 0. The third kappa shape index (κ3) is 4.75. The van der Waals surface area contributed by atoms with Gasteiger partial charge in [0, 0.05) is 27.1 Å². The van der Waals surface area contributed by atoms with E-state index in [0.29, 0.717) is 13.0 Å². The second-order valence-corrected chi connectivity index (χ2v) is 4.35. The first-order valence-corrected chi connectivity index (χ1v) is 6.18. The van der Waals surface area contributed by atoms with Gasteiger partial charge in [-0.1, -0.05) is 18.2 Å². The molecule has 100 valence electrons. The van der Waals surface area contributed by atoms with Crippen molar-refractivity contribution in [3.05, 3.63) is 29.8 Å². The van der Waals surface area contributed by atoms with Crippen LogP contribution < -0.4 is 10.1 Å². The number of carbonyl (C=O) groups is 1. The van der Waals surface area contributed by atoms with E-state index in [1.54, 1.807) is 26.1 Å². The first-order valence-electron chi connectivity index (χ1n) is 6.18. The van der Waals surface area contributed by atoms with Crippen LogP contribution in [-0.4, -0.2) is 45.1 Å². The zero-order valence-corrected chi connectivity index (χ0v) is 11.4. The Bertz CT molecular complexity index is 378. The Morgan fingerprint density at radius 3 is 2.67 bits per heavy atom. The number of methoxy groups -OCH3 is 1. The normalized spacial score (nSPS) is 10.2. The highest BCUT2D eigenvalue weighted by atomic mass is 16.5. The van der Waals surface area contributed by atoms with Crippen molar-refractivity contribution in [2.75, 3.05) is 34.3 Å². The van der Waals surface area contributed by atoms with E-state index < -0.39 is 0 Å². The monoisotopic (exact) mass is 250 g/mol. The van der Waals surface area contributed by atoms with Gasteiger partial charge in [-0.05, 0) is 24.6 Å². The first-order chi connectivity index (χ1) is 8.65. The van der Waals surface area contributed by atoms with E-state index in [2.05, 4.69) is 11.4 Å². The van der Waals surface area contributed by atoms with E-state index in [9.17, 15) is 4.79 Å². The summed E-state index contributed by atoms with van der Waals surface area (Å²) in [5.41, 5.74) is 1.19. The largest absolute Gasteiger partial charge is 0.496 e.